The van der Waals surface area contributed by atoms with E-state index in [0.717, 1.165) is 56.7 Å². The van der Waals surface area contributed by atoms with E-state index in [-0.39, 0.29) is 11.5 Å². The highest BCUT2D eigenvalue weighted by molar-refractivity contribution is 5.96. The minimum atomic E-state index is -0.789. The van der Waals surface area contributed by atoms with E-state index in [1.54, 1.807) is 0 Å². The molecule has 186 valence electrons. The average molecular weight is 476 g/mol. The molecule has 2 rings (SSSR count). The van der Waals surface area contributed by atoms with Gasteiger partial charge in [-0.2, -0.15) is 0 Å². The fourth-order valence-electron chi connectivity index (χ4n) is 4.16. The number of carbonyl (C=O) groups excluding carboxylic acids is 2. The van der Waals surface area contributed by atoms with Gasteiger partial charge in [0, 0.05) is 18.2 Å². The van der Waals surface area contributed by atoms with Gasteiger partial charge in [-0.05, 0) is 32.1 Å². The predicted molar refractivity (Wildman–Crippen MR) is 126 cm³/mol. The zero-order valence-electron chi connectivity index (χ0n) is 19.4. The van der Waals surface area contributed by atoms with Crippen molar-refractivity contribution >= 4 is 23.3 Å². The second-order valence-electron chi connectivity index (χ2n) is 8.59. The molecule has 1 amide bonds. The fraction of sp³-hybridized carbons (Fsp3) is 0.583. The summed E-state index contributed by atoms with van der Waals surface area (Å²) in [6, 6.07) is 2.30. The number of amides is 1. The van der Waals surface area contributed by atoms with Crippen molar-refractivity contribution in [2.24, 2.45) is 5.92 Å². The maximum absolute atomic E-state index is 12.6. The Morgan fingerprint density at radius 1 is 0.971 bits per heavy atom. The Labute approximate surface area is 199 Å². The van der Waals surface area contributed by atoms with Crippen LogP contribution in [0.4, 0.5) is 11.4 Å². The van der Waals surface area contributed by atoms with Crippen LogP contribution >= 0.6 is 0 Å². The van der Waals surface area contributed by atoms with Crippen molar-refractivity contribution in [1.82, 2.24) is 5.32 Å². The highest BCUT2D eigenvalue weighted by Crippen LogP contribution is 2.28. The number of ether oxygens (including phenoxy) is 1. The number of carbonyl (C=O) groups is 2. The van der Waals surface area contributed by atoms with Crippen molar-refractivity contribution in [2.45, 2.75) is 76.7 Å². The van der Waals surface area contributed by atoms with Crippen LogP contribution in [0.5, 0.6) is 0 Å². The lowest BCUT2D eigenvalue weighted by Crippen LogP contribution is -2.40. The van der Waals surface area contributed by atoms with E-state index in [2.05, 4.69) is 11.9 Å². The number of non-ortho nitro benzene ring substituents is 2. The second-order valence-corrected chi connectivity index (χ2v) is 8.59. The molecular weight excluding hydrogens is 442 g/mol. The molecule has 10 nitrogen and oxygen atoms in total. The quantitative estimate of drug-likeness (QED) is 0.120. The van der Waals surface area contributed by atoms with Crippen LogP contribution in [0.25, 0.3) is 0 Å². The van der Waals surface area contributed by atoms with E-state index in [1.165, 1.54) is 19.3 Å². The summed E-state index contributed by atoms with van der Waals surface area (Å²) in [6.45, 7) is 4.05. The number of unbranched alkanes of at least 4 members (excludes halogenated alkanes) is 7. The summed E-state index contributed by atoms with van der Waals surface area (Å²) >= 11 is 0. The smallest absolute Gasteiger partial charge is 0.311 e. The van der Waals surface area contributed by atoms with Crippen molar-refractivity contribution in [2.75, 3.05) is 6.61 Å². The molecule has 0 aromatic heterocycles. The first-order chi connectivity index (χ1) is 16.3. The van der Waals surface area contributed by atoms with Gasteiger partial charge in [0.1, 0.15) is 0 Å². The Morgan fingerprint density at radius 2 is 1.56 bits per heavy atom. The molecular formula is C24H33N3O7. The largest absolute Gasteiger partial charge is 0.465 e. The molecule has 0 heterocycles. The Kier molecular flexibility index (Phi) is 11.2. The molecule has 1 fully saturated rings. The topological polar surface area (TPSA) is 142 Å². The molecule has 0 spiro atoms. The van der Waals surface area contributed by atoms with Gasteiger partial charge < -0.3 is 10.1 Å². The number of hydrogen-bond acceptors (Lipinski definition) is 7. The monoisotopic (exact) mass is 475 g/mol. The SMILES string of the molecule is C=CCCCCCCCCCOC(=O)C1CCCC1NC(=O)c1cc([N+](=O)[O-])cc([N+](=O)[O-])c1. The van der Waals surface area contributed by atoms with Crippen molar-refractivity contribution in [3.63, 3.8) is 0 Å². The Bertz CT molecular complexity index is 855. The van der Waals surface area contributed by atoms with E-state index in [0.29, 0.717) is 19.4 Å². The van der Waals surface area contributed by atoms with Crippen LogP contribution < -0.4 is 5.32 Å². The van der Waals surface area contributed by atoms with Gasteiger partial charge in [0.15, 0.2) is 0 Å². The molecule has 34 heavy (non-hydrogen) atoms. The normalized spacial score (nSPS) is 17.2. The lowest BCUT2D eigenvalue weighted by molar-refractivity contribution is -0.394. The summed E-state index contributed by atoms with van der Waals surface area (Å²) in [7, 11) is 0. The third-order valence-corrected chi connectivity index (χ3v) is 6.02. The molecule has 10 heteroatoms. The maximum Gasteiger partial charge on any atom is 0.311 e. The highest BCUT2D eigenvalue weighted by Gasteiger charge is 2.35. The molecule has 0 radical (unpaired) electrons. The number of rotatable bonds is 15. The Balaban J connectivity index is 1.80. The van der Waals surface area contributed by atoms with Gasteiger partial charge in [-0.25, -0.2) is 0 Å². The third-order valence-electron chi connectivity index (χ3n) is 6.02. The first-order valence-corrected chi connectivity index (χ1v) is 11.9. The van der Waals surface area contributed by atoms with E-state index in [4.69, 9.17) is 4.74 Å². The summed E-state index contributed by atoms with van der Waals surface area (Å²) in [5.74, 6) is -1.55. The van der Waals surface area contributed by atoms with Crippen LogP contribution in [0.1, 0.15) is 81.0 Å². The summed E-state index contributed by atoms with van der Waals surface area (Å²) in [5, 5.41) is 24.8. The molecule has 0 saturated heterocycles. The van der Waals surface area contributed by atoms with Crippen LogP contribution in [0.15, 0.2) is 30.9 Å². The lowest BCUT2D eigenvalue weighted by atomic mass is 10.0. The van der Waals surface area contributed by atoms with Crippen molar-refractivity contribution in [3.8, 4) is 0 Å². The predicted octanol–water partition coefficient (Wildman–Crippen LogP) is 5.25. The molecule has 1 aliphatic carbocycles. The maximum atomic E-state index is 12.6. The molecule has 2 unspecified atom stereocenters. The van der Waals surface area contributed by atoms with Crippen molar-refractivity contribution < 1.29 is 24.2 Å². The van der Waals surface area contributed by atoms with Crippen LogP contribution in [0.3, 0.4) is 0 Å². The van der Waals surface area contributed by atoms with Crippen LogP contribution in [0.2, 0.25) is 0 Å². The van der Waals surface area contributed by atoms with E-state index in [1.807, 2.05) is 6.08 Å². The third kappa shape index (κ3) is 8.57. The Morgan fingerprint density at radius 3 is 2.15 bits per heavy atom. The number of esters is 1. The number of hydrogen-bond donors (Lipinski definition) is 1. The summed E-state index contributed by atoms with van der Waals surface area (Å²) in [4.78, 5) is 45.7. The molecule has 1 N–H and O–H groups in total. The molecule has 1 aliphatic rings. The average Bonchev–Trinajstić information content (AvgIpc) is 3.27. The summed E-state index contributed by atoms with van der Waals surface area (Å²) in [6.07, 6.45) is 12.5. The molecule has 1 aromatic rings. The van der Waals surface area contributed by atoms with Crippen molar-refractivity contribution in [3.05, 3.63) is 56.6 Å². The number of benzene rings is 1. The number of nitrogens with one attached hydrogen (secondary N) is 1. The zero-order valence-corrected chi connectivity index (χ0v) is 19.4. The van der Waals surface area contributed by atoms with Gasteiger partial charge in [-0.3, -0.25) is 29.8 Å². The standard InChI is InChI=1S/C24H33N3O7/c1-2-3-4-5-6-7-8-9-10-14-34-24(29)21-12-11-13-22(21)25-23(28)18-15-19(26(30)31)17-20(16-18)27(32)33/h2,15-17,21-22H,1,3-14H2,(H,25,28). The van der Waals surface area contributed by atoms with Gasteiger partial charge in [-0.1, -0.05) is 44.6 Å². The van der Waals surface area contributed by atoms with E-state index >= 15 is 0 Å². The molecule has 2 atom stereocenters. The highest BCUT2D eigenvalue weighted by atomic mass is 16.6. The van der Waals surface area contributed by atoms with Crippen LogP contribution in [-0.2, 0) is 9.53 Å². The zero-order chi connectivity index (χ0) is 24.9. The van der Waals surface area contributed by atoms with Gasteiger partial charge in [0.2, 0.25) is 0 Å². The number of allylic oxidation sites excluding steroid dienone is 1. The molecule has 1 saturated carbocycles. The lowest BCUT2D eigenvalue weighted by Gasteiger charge is -2.20. The van der Waals surface area contributed by atoms with E-state index < -0.39 is 39.1 Å². The Hall–Kier alpha value is -3.30. The molecule has 0 bridgehead atoms. The molecule has 1 aromatic carbocycles. The number of nitrogens with zero attached hydrogens (tertiary/aromatic N) is 2. The van der Waals surface area contributed by atoms with Crippen molar-refractivity contribution in [1.29, 1.82) is 0 Å². The van der Waals surface area contributed by atoms with Gasteiger partial charge in [-0.15, -0.1) is 6.58 Å². The molecule has 0 aliphatic heterocycles. The summed E-state index contributed by atoms with van der Waals surface area (Å²) in [5.41, 5.74) is -1.28. The van der Waals surface area contributed by atoms with Crippen LogP contribution in [0, 0.1) is 26.1 Å². The number of nitro groups is 2. The second kappa shape index (κ2) is 14.1. The first-order valence-electron chi connectivity index (χ1n) is 11.9. The van der Waals surface area contributed by atoms with Crippen LogP contribution in [-0.4, -0.2) is 34.4 Å². The first kappa shape index (κ1) is 26.9. The minimum Gasteiger partial charge on any atom is -0.465 e. The minimum absolute atomic E-state index is 0.190. The van der Waals surface area contributed by atoms with Gasteiger partial charge >= 0.3 is 5.97 Å². The van der Waals surface area contributed by atoms with E-state index in [9.17, 15) is 29.8 Å². The van der Waals surface area contributed by atoms with Gasteiger partial charge in [0.25, 0.3) is 17.3 Å². The summed E-state index contributed by atoms with van der Waals surface area (Å²) < 4.78 is 5.42. The number of nitro benzene ring substituents is 2. The fourth-order valence-corrected chi connectivity index (χ4v) is 4.16. The van der Waals surface area contributed by atoms with Gasteiger partial charge in [0.05, 0.1) is 34.0 Å².